The van der Waals surface area contributed by atoms with E-state index in [1.807, 2.05) is 0 Å². The highest BCUT2D eigenvalue weighted by Crippen LogP contribution is 2.34. The van der Waals surface area contributed by atoms with Crippen molar-refractivity contribution in [3.63, 3.8) is 0 Å². The molecule has 0 spiro atoms. The van der Waals surface area contributed by atoms with Gasteiger partial charge < -0.3 is 10.3 Å². The van der Waals surface area contributed by atoms with E-state index in [-0.39, 0.29) is 11.0 Å². The van der Waals surface area contributed by atoms with E-state index in [0.717, 1.165) is 28.8 Å². The number of alkyl halides is 3. The number of amides is 1. The summed E-state index contributed by atoms with van der Waals surface area (Å²) in [6.07, 6.45) is -4.63. The minimum Gasteiger partial charge on any atom is -0.324 e. The lowest BCUT2D eigenvalue weighted by atomic mass is 10.1. The number of carbonyl (C=O) groups is 1. The summed E-state index contributed by atoms with van der Waals surface area (Å²) in [5.41, 5.74) is -1.60. The van der Waals surface area contributed by atoms with Crippen LogP contribution >= 0.6 is 0 Å². The average Bonchev–Trinajstić information content (AvgIpc) is 2.81. The number of halogens is 4. The molecule has 0 saturated heterocycles. The molecular formula is C16H11F4N3O2. The first kappa shape index (κ1) is 16.7. The van der Waals surface area contributed by atoms with Crippen molar-refractivity contribution in [1.82, 2.24) is 9.55 Å². The van der Waals surface area contributed by atoms with Gasteiger partial charge in [0.15, 0.2) is 0 Å². The van der Waals surface area contributed by atoms with Gasteiger partial charge in [-0.05, 0) is 30.3 Å². The first-order valence-corrected chi connectivity index (χ1v) is 7.10. The molecule has 2 N–H and O–H groups in total. The Morgan fingerprint density at radius 2 is 1.88 bits per heavy atom. The first-order valence-electron chi connectivity index (χ1n) is 7.10. The van der Waals surface area contributed by atoms with Crippen LogP contribution in [0.15, 0.2) is 47.3 Å². The Labute approximate surface area is 137 Å². The van der Waals surface area contributed by atoms with Crippen LogP contribution in [0.4, 0.5) is 23.2 Å². The minimum atomic E-state index is -4.63. The number of carbonyl (C=O) groups excluding carboxylic acids is 1. The van der Waals surface area contributed by atoms with Crippen LogP contribution in [-0.4, -0.2) is 15.5 Å². The zero-order chi connectivity index (χ0) is 18.2. The Kier molecular flexibility index (Phi) is 4.07. The second kappa shape index (κ2) is 6.08. The molecule has 1 aromatic heterocycles. The number of hydrogen-bond acceptors (Lipinski definition) is 2. The molecule has 5 nitrogen and oxygen atoms in total. The highest BCUT2D eigenvalue weighted by atomic mass is 19.4. The van der Waals surface area contributed by atoms with Crippen molar-refractivity contribution < 1.29 is 22.4 Å². The lowest BCUT2D eigenvalue weighted by Gasteiger charge is -2.13. The predicted molar refractivity (Wildman–Crippen MR) is 82.6 cm³/mol. The van der Waals surface area contributed by atoms with Crippen molar-refractivity contribution in [2.75, 3.05) is 5.32 Å². The molecule has 25 heavy (non-hydrogen) atoms. The van der Waals surface area contributed by atoms with E-state index in [4.69, 9.17) is 0 Å². The van der Waals surface area contributed by atoms with E-state index in [2.05, 4.69) is 10.3 Å². The highest BCUT2D eigenvalue weighted by molar-refractivity contribution is 5.92. The molecule has 0 fully saturated rings. The normalized spacial score (nSPS) is 11.7. The van der Waals surface area contributed by atoms with E-state index in [9.17, 15) is 27.2 Å². The van der Waals surface area contributed by atoms with Crippen LogP contribution in [0.5, 0.6) is 0 Å². The van der Waals surface area contributed by atoms with E-state index in [1.165, 1.54) is 18.2 Å². The fourth-order valence-corrected chi connectivity index (χ4v) is 2.47. The lowest BCUT2D eigenvalue weighted by molar-refractivity contribution is -0.137. The quantitative estimate of drug-likeness (QED) is 0.711. The molecular weight excluding hydrogens is 342 g/mol. The van der Waals surface area contributed by atoms with Crippen LogP contribution in [0, 0.1) is 5.82 Å². The molecule has 1 amide bonds. The van der Waals surface area contributed by atoms with E-state index >= 15 is 0 Å². The van der Waals surface area contributed by atoms with Crippen LogP contribution < -0.4 is 11.0 Å². The number of rotatable bonds is 3. The van der Waals surface area contributed by atoms with Gasteiger partial charge in [-0.1, -0.05) is 12.1 Å². The molecule has 0 aliphatic rings. The summed E-state index contributed by atoms with van der Waals surface area (Å²) >= 11 is 0. The number of nitrogens with zero attached hydrogens (tertiary/aromatic N) is 1. The van der Waals surface area contributed by atoms with Crippen molar-refractivity contribution in [3.05, 3.63) is 64.3 Å². The largest absolute Gasteiger partial charge is 0.418 e. The average molecular weight is 353 g/mol. The molecule has 0 unspecified atom stereocenters. The number of anilines is 1. The van der Waals surface area contributed by atoms with Crippen molar-refractivity contribution in [2.24, 2.45) is 0 Å². The summed E-state index contributed by atoms with van der Waals surface area (Å²) in [5, 5.41) is 2.15. The Balaban J connectivity index is 1.88. The second-order valence-electron chi connectivity index (χ2n) is 5.27. The van der Waals surface area contributed by atoms with Crippen molar-refractivity contribution in [3.8, 4) is 0 Å². The molecule has 130 valence electrons. The number of fused-ring (bicyclic) bond motifs is 1. The number of para-hydroxylation sites is 1. The Morgan fingerprint density at radius 1 is 1.16 bits per heavy atom. The third kappa shape index (κ3) is 3.39. The number of imidazole rings is 1. The molecule has 0 aliphatic heterocycles. The summed E-state index contributed by atoms with van der Waals surface area (Å²) in [5.74, 6) is -1.38. The van der Waals surface area contributed by atoms with E-state index in [0.29, 0.717) is 0 Å². The van der Waals surface area contributed by atoms with E-state index in [1.54, 1.807) is 0 Å². The number of benzene rings is 2. The molecule has 1 heterocycles. The molecule has 0 aliphatic carbocycles. The van der Waals surface area contributed by atoms with Crippen molar-refractivity contribution >= 4 is 22.6 Å². The Hall–Kier alpha value is -3.10. The highest BCUT2D eigenvalue weighted by Gasteiger charge is 2.33. The fourth-order valence-electron chi connectivity index (χ4n) is 2.47. The van der Waals surface area contributed by atoms with Gasteiger partial charge in [0, 0.05) is 0 Å². The van der Waals surface area contributed by atoms with Crippen LogP contribution in [0.1, 0.15) is 5.56 Å². The summed E-state index contributed by atoms with van der Waals surface area (Å²) in [6.45, 7) is -0.517. The van der Waals surface area contributed by atoms with E-state index < -0.39 is 41.4 Å². The third-order valence-corrected chi connectivity index (χ3v) is 3.54. The van der Waals surface area contributed by atoms with Crippen LogP contribution in [0.3, 0.4) is 0 Å². The molecule has 0 saturated carbocycles. The van der Waals surface area contributed by atoms with Crippen LogP contribution in [-0.2, 0) is 17.5 Å². The van der Waals surface area contributed by atoms with Crippen LogP contribution in [0.25, 0.3) is 11.0 Å². The van der Waals surface area contributed by atoms with Gasteiger partial charge in [-0.15, -0.1) is 0 Å². The van der Waals surface area contributed by atoms with Gasteiger partial charge in [0.1, 0.15) is 12.4 Å². The number of nitrogens with one attached hydrogen (secondary N) is 2. The number of H-pyrrole nitrogens is 1. The second-order valence-corrected chi connectivity index (χ2v) is 5.27. The molecule has 0 atom stereocenters. The van der Waals surface area contributed by atoms with Gasteiger partial charge in [0.25, 0.3) is 0 Å². The van der Waals surface area contributed by atoms with Gasteiger partial charge in [-0.3, -0.25) is 9.36 Å². The summed E-state index contributed by atoms with van der Waals surface area (Å²) in [6, 6.07) is 8.03. The maximum absolute atomic E-state index is 13.2. The van der Waals surface area contributed by atoms with Gasteiger partial charge in [-0.2, -0.15) is 13.2 Å². The Morgan fingerprint density at radius 3 is 2.60 bits per heavy atom. The molecule has 0 radical (unpaired) electrons. The number of hydrogen-bond donors (Lipinski definition) is 2. The minimum absolute atomic E-state index is 0.188. The molecule has 0 bridgehead atoms. The Bertz CT molecular complexity index is 1000. The molecule has 9 heteroatoms. The first-order chi connectivity index (χ1) is 11.8. The van der Waals surface area contributed by atoms with Crippen molar-refractivity contribution in [1.29, 1.82) is 0 Å². The molecule has 3 aromatic rings. The van der Waals surface area contributed by atoms with Gasteiger partial charge in [-0.25, -0.2) is 9.18 Å². The summed E-state index contributed by atoms with van der Waals surface area (Å²) in [4.78, 5) is 26.4. The lowest BCUT2D eigenvalue weighted by Crippen LogP contribution is -2.26. The maximum Gasteiger partial charge on any atom is 0.418 e. The summed E-state index contributed by atoms with van der Waals surface area (Å²) < 4.78 is 53.0. The monoisotopic (exact) mass is 353 g/mol. The topological polar surface area (TPSA) is 66.9 Å². The SMILES string of the molecule is O=C(Cn1c(=O)[nH]c2cc(F)ccc21)Nc1ccccc1C(F)(F)F. The molecule has 2 aromatic carbocycles. The van der Waals surface area contributed by atoms with Gasteiger partial charge >= 0.3 is 11.9 Å². The van der Waals surface area contributed by atoms with Gasteiger partial charge in [0.2, 0.25) is 5.91 Å². The van der Waals surface area contributed by atoms with Crippen molar-refractivity contribution in [2.45, 2.75) is 12.7 Å². The standard InChI is InChI=1S/C16H11F4N3O2/c17-9-5-6-13-12(7-9)22-15(25)23(13)8-14(24)21-11-4-2-1-3-10(11)16(18,19)20/h1-7H,8H2,(H,21,24)(H,22,25). The maximum atomic E-state index is 13.2. The predicted octanol–water partition coefficient (Wildman–Crippen LogP) is 3.13. The van der Waals surface area contributed by atoms with Gasteiger partial charge in [0.05, 0.1) is 22.3 Å². The van der Waals surface area contributed by atoms with Crippen LogP contribution in [0.2, 0.25) is 0 Å². The molecule has 3 rings (SSSR count). The zero-order valence-electron chi connectivity index (χ0n) is 12.5. The zero-order valence-corrected chi connectivity index (χ0v) is 12.5. The third-order valence-electron chi connectivity index (χ3n) is 3.54. The number of aromatic amines is 1. The number of aromatic nitrogens is 2. The smallest absolute Gasteiger partial charge is 0.324 e. The summed E-state index contributed by atoms with van der Waals surface area (Å²) in [7, 11) is 0. The fraction of sp³-hybridized carbons (Fsp3) is 0.125.